The number of carbonyl (C=O) groups is 13. The Labute approximate surface area is 784 Å². The first-order chi connectivity index (χ1) is 62.4. The van der Waals surface area contributed by atoms with Crippen molar-refractivity contribution in [3.63, 3.8) is 0 Å². The molecule has 0 unspecified atom stereocenters. The number of ether oxygens (including phenoxy) is 5. The molecule has 15 N–H and O–H groups in total. The van der Waals surface area contributed by atoms with Crippen molar-refractivity contribution in [2.45, 2.75) is 229 Å². The van der Waals surface area contributed by atoms with E-state index in [0.717, 1.165) is 43.9 Å². The Balaban J connectivity index is 0.889. The number of ketones is 2. The largest absolute Gasteiger partial charge is 0.508 e. The van der Waals surface area contributed by atoms with Gasteiger partial charge in [0.1, 0.15) is 77.1 Å². The summed E-state index contributed by atoms with van der Waals surface area (Å²) in [5.74, 6) is -13.1. The van der Waals surface area contributed by atoms with Gasteiger partial charge in [0.05, 0.1) is 31.0 Å². The van der Waals surface area contributed by atoms with E-state index in [4.69, 9.17) is 41.0 Å². The molecule has 4 aromatic carbocycles. The zero-order chi connectivity index (χ0) is 95.6. The molecule has 39 heteroatoms. The number of rotatable bonds is 32. The van der Waals surface area contributed by atoms with Gasteiger partial charge >= 0.3 is 18.1 Å². The number of aromatic hydroxyl groups is 1. The molecule has 18 atom stereocenters. The summed E-state index contributed by atoms with van der Waals surface area (Å²) >= 11 is 6.87. The number of anilines is 1. The number of nitrogens with two attached hydrogens (primary N) is 1. The van der Waals surface area contributed by atoms with Gasteiger partial charge in [0.15, 0.2) is 17.3 Å². The number of phenols is 1. The Kier molecular flexibility index (Phi) is 39.9. The van der Waals surface area contributed by atoms with Gasteiger partial charge in [0.25, 0.3) is 0 Å². The highest BCUT2D eigenvalue weighted by Crippen LogP contribution is 2.52. The van der Waals surface area contributed by atoms with E-state index in [1.165, 1.54) is 85.6 Å². The number of hydrogen-bond donors (Lipinski definition) is 14. The highest BCUT2D eigenvalue weighted by molar-refractivity contribution is 8.77. The molecule has 4 bridgehead atoms. The lowest BCUT2D eigenvalue weighted by atomic mass is 9.84. The average Bonchev–Trinajstić information content (AvgIpc) is 1.56. The lowest BCUT2D eigenvalue weighted by Crippen LogP contribution is -2.63. The summed E-state index contributed by atoms with van der Waals surface area (Å²) in [6.07, 6.45) is -0.0918. The Bertz CT molecular complexity index is 4800. The first-order valence-electron chi connectivity index (χ1n) is 43.8. The molecule has 714 valence electrons. The van der Waals surface area contributed by atoms with Crippen molar-refractivity contribution >= 4 is 143 Å². The summed E-state index contributed by atoms with van der Waals surface area (Å²) in [5.41, 5.74) is 9.52. The number of methoxy groups -OCH3 is 2. The number of allylic oxidation sites excluding steroid dienone is 4. The minimum Gasteiger partial charge on any atom is -0.508 e. The molecule has 3 fully saturated rings. The Morgan fingerprint density at radius 3 is 2.20 bits per heavy atom. The second-order valence-electron chi connectivity index (χ2n) is 33.6. The third kappa shape index (κ3) is 29.4. The normalized spacial score (nSPS) is 26.0. The number of carbonyl (C=O) groups excluding carboxylic acids is 13. The molecule has 0 radical (unpaired) electrons. The molecule has 1 aliphatic carbocycles. The van der Waals surface area contributed by atoms with E-state index in [0.29, 0.717) is 53.2 Å². The van der Waals surface area contributed by atoms with Crippen LogP contribution in [0.5, 0.6) is 11.5 Å². The van der Waals surface area contributed by atoms with Gasteiger partial charge in [-0.2, -0.15) is 0 Å². The molecule has 131 heavy (non-hydrogen) atoms. The van der Waals surface area contributed by atoms with Gasteiger partial charge in [0, 0.05) is 113 Å². The number of esters is 1. The molecule has 34 nitrogen and oxygen atoms in total. The third-order valence-electron chi connectivity index (χ3n) is 23.7. The summed E-state index contributed by atoms with van der Waals surface area (Å²) in [6, 6.07) is 13.2. The van der Waals surface area contributed by atoms with Gasteiger partial charge in [0.2, 0.25) is 53.0 Å². The van der Waals surface area contributed by atoms with Gasteiger partial charge in [-0.05, 0) is 144 Å². The predicted octanol–water partition coefficient (Wildman–Crippen LogP) is 6.52. The maximum atomic E-state index is 15.4. The minimum absolute atomic E-state index is 0.0325. The number of fused-ring (bicyclic) bond motifs is 6. The Hall–Kier alpha value is -9.74. The van der Waals surface area contributed by atoms with Crippen molar-refractivity contribution in [3.8, 4) is 11.5 Å². The second kappa shape index (κ2) is 49.8. The highest BCUT2D eigenvalue weighted by Gasteiger charge is 2.68. The molecule has 0 aromatic heterocycles. The molecule has 4 aromatic rings. The summed E-state index contributed by atoms with van der Waals surface area (Å²) in [4.78, 5) is 191. The molecule has 0 saturated carbocycles. The fourth-order valence-corrected chi connectivity index (χ4v) is 20.7. The van der Waals surface area contributed by atoms with Crippen molar-refractivity contribution in [1.82, 2.24) is 52.8 Å². The number of unbranched alkanes of at least 4 members (excludes halogenated alkanes) is 1. The number of nitrogens with one attached hydrogen (secondary N) is 9. The van der Waals surface area contributed by atoms with Crippen LogP contribution < -0.4 is 63.2 Å². The summed E-state index contributed by atoms with van der Waals surface area (Å²) in [5, 5.41) is 69.3. The predicted molar refractivity (Wildman–Crippen MR) is 501 cm³/mol. The third-order valence-corrected chi connectivity index (χ3v) is 29.0. The Morgan fingerprint density at radius 1 is 0.809 bits per heavy atom. The van der Waals surface area contributed by atoms with Crippen LogP contribution in [0.15, 0.2) is 121 Å². The number of benzene rings is 4. The SMILES string of the molecule is CCNC(=O)N[C@H](Cc1ccccc1)C(=O)N[C@H]1CSSC[C@@H](C(=O)N[C@H](C(=O)CCCSSCCC(=O)N(C)[C@@H](C)C(=O)O[C@@]23O[C@H]2[C@H](C)[C@@H]2C[C@@](O)(NC(=O)O2)[C@H](OC)/C=C/C=C(\C)Cc2cc(OC)c(Cl)c(c2)N(C)C(=O)C[C@@H]3C)[C@@H](C)O)NC(=O)[C@H]([C@@H](C)O)NC(=O)[C@H](CCCCN)NC(=O)[C@@H](CC2=CCc3ccccc32)NC(=O)[C@H](Cc2ccc(O)cc2)CC1=O. The Morgan fingerprint density at radius 2 is 1.50 bits per heavy atom. The van der Waals surface area contributed by atoms with Gasteiger partial charge in [-0.15, -0.1) is 0 Å². The van der Waals surface area contributed by atoms with Crippen LogP contribution in [0.1, 0.15) is 140 Å². The smallest absolute Gasteiger partial charge is 0.409 e. The number of epoxide rings is 1. The van der Waals surface area contributed by atoms with Gasteiger partial charge in [-0.3, -0.25) is 53.3 Å². The second-order valence-corrected chi connectivity index (χ2v) is 39.3. The van der Waals surface area contributed by atoms with Gasteiger partial charge in [-0.1, -0.05) is 165 Å². The molecular formula is C92H123ClN12O22S4. The van der Waals surface area contributed by atoms with Crippen LogP contribution in [-0.4, -0.2) is 257 Å². The standard InChI is InChI=1S/C92H123ClN12O22S4/c1-12-95-89(120)100-66(43-57-23-14-13-15-24-57)84(115)98-68-49-130-131-50-69(99-87(118)80(56(7)107)102-83(114)65(27-18-19-37-94)96-85(116)67(46-61-33-32-60-25-16-17-26-64(60)61)97-82(113)62(47-72(68)110)42-58-30-34-63(108)35-31-58)86(117)101-79(55(6)106)71(109)28-21-38-128-129-39-36-76(111)104(8)54(5)88(119)127-92-52(3)41-77(112)105(9)70-44-59(45-73(123-10)78(70)93)40-51(2)22-20-29-75(124-11)91(122)48-74(125-90(121)103-91)53(4)81(92)126-92/h13-17,20,22-26,29-31,33-35,44-45,52-56,62,65-69,74-75,79-81,106-108,122H,12,18-19,21,27-28,32,36-43,46-50,94H2,1-11H3,(H,96,116)(H,97,113)(H,98,115)(H,99,118)(H,101,117)(H,102,114)(H,103,121)(H2,95,100,120)/b29-20+,51-22+/t52-,53+,54-,55+,56+,62+,65-,66+,67+,68-,69-,74-,75+,79-,80-,81-,91-,92+/m0/s1. The first-order valence-corrected chi connectivity index (χ1v) is 49.2. The van der Waals surface area contributed by atoms with Crippen LogP contribution in [-0.2, 0) is 97.4 Å². The number of nitrogens with zero attached hydrogens (tertiary/aromatic N) is 2. The number of Topliss-reactive ketones (excluding diaryl/α,β-unsaturated/α-hetero) is 2. The van der Waals surface area contributed by atoms with Crippen LogP contribution in [0.3, 0.4) is 0 Å². The number of hydrogen-bond acceptors (Lipinski definition) is 27. The average molecular weight is 1910 g/mol. The van der Waals surface area contributed by atoms with Crippen molar-refractivity contribution in [1.29, 1.82) is 0 Å². The number of likely N-dealkylation sites (N-methyl/N-ethyl adjacent to an activating group) is 1. The molecule has 5 aliphatic rings. The fourth-order valence-electron chi connectivity index (χ4n) is 15.9. The van der Waals surface area contributed by atoms with E-state index in [1.807, 2.05) is 43.3 Å². The molecule has 0 spiro atoms. The number of aliphatic hydroxyl groups is 3. The zero-order valence-electron chi connectivity index (χ0n) is 75.5. The summed E-state index contributed by atoms with van der Waals surface area (Å²) < 4.78 is 29.8. The quantitative estimate of drug-likeness (QED) is 0.0107. The van der Waals surface area contributed by atoms with Gasteiger partial charge < -0.3 is 102 Å². The number of alkyl carbamates (subject to hydrolysis) is 1. The van der Waals surface area contributed by atoms with Crippen LogP contribution in [0.25, 0.3) is 5.57 Å². The van der Waals surface area contributed by atoms with Crippen LogP contribution in [0, 0.1) is 17.8 Å². The summed E-state index contributed by atoms with van der Waals surface area (Å²) in [7, 11) is 10.3. The number of aliphatic hydroxyl groups excluding tert-OH is 2. The number of urea groups is 1. The fraction of sp³-hybridized carbons (Fsp3) is 0.533. The number of amides is 11. The van der Waals surface area contributed by atoms with Crippen LogP contribution in [0.2, 0.25) is 5.02 Å². The van der Waals surface area contributed by atoms with Crippen molar-refractivity contribution in [3.05, 3.63) is 154 Å². The molecule has 11 amide bonds. The van der Waals surface area contributed by atoms with E-state index in [9.17, 15) is 68.4 Å². The maximum absolute atomic E-state index is 15.4. The minimum atomic E-state index is -1.98. The van der Waals surface area contributed by atoms with Crippen molar-refractivity contribution in [2.75, 3.05) is 69.3 Å². The van der Waals surface area contributed by atoms with Gasteiger partial charge in [-0.25, -0.2) is 14.4 Å². The van der Waals surface area contributed by atoms with Crippen molar-refractivity contribution in [2.24, 2.45) is 23.5 Å². The van der Waals surface area contributed by atoms with E-state index < -0.39 is 191 Å². The van der Waals surface area contributed by atoms with E-state index >= 15 is 14.4 Å². The lowest BCUT2D eigenvalue weighted by Gasteiger charge is -2.42. The molecule has 9 rings (SSSR count). The molecule has 4 heterocycles. The maximum Gasteiger partial charge on any atom is 0.409 e. The lowest BCUT2D eigenvalue weighted by molar-refractivity contribution is -0.173. The van der Waals surface area contributed by atoms with Crippen LogP contribution >= 0.6 is 54.8 Å². The van der Waals surface area contributed by atoms with E-state index in [1.54, 1.807) is 94.6 Å². The van der Waals surface area contributed by atoms with Crippen LogP contribution in [0.4, 0.5) is 15.3 Å². The topological polar surface area (TPSA) is 493 Å². The highest BCUT2D eigenvalue weighted by atomic mass is 35.5. The molecular weight excluding hydrogens is 1790 g/mol. The summed E-state index contributed by atoms with van der Waals surface area (Å²) in [6.45, 7) is 11.3. The van der Waals surface area contributed by atoms with Crippen molar-refractivity contribution < 1.29 is 106 Å². The first kappa shape index (κ1) is 105. The van der Waals surface area contributed by atoms with E-state index in [2.05, 4.69) is 47.9 Å². The zero-order valence-corrected chi connectivity index (χ0v) is 79.5. The molecule has 4 aliphatic heterocycles. The monoisotopic (exact) mass is 1910 g/mol. The number of phenolic OH excluding ortho intramolecular Hbond substituents is 1. The molecule has 3 saturated heterocycles. The van der Waals surface area contributed by atoms with E-state index in [-0.39, 0.29) is 105 Å². The number of halogens is 1.